The van der Waals surface area contributed by atoms with Crippen LogP contribution in [-0.4, -0.2) is 21.2 Å². The number of fused-ring (bicyclic) bond motifs is 6. The Kier molecular flexibility index (Phi) is 8.77. The van der Waals surface area contributed by atoms with Crippen LogP contribution in [-0.2, 0) is 16.1 Å². The largest absolute Gasteiger partial charge is 0.352 e. The van der Waals surface area contributed by atoms with Crippen LogP contribution in [0.15, 0.2) is 61.1 Å². The topological polar surface area (TPSA) is 64.0 Å². The molecule has 3 saturated carbocycles. The molecule has 1 aromatic heterocycles. The van der Waals surface area contributed by atoms with Crippen molar-refractivity contribution in [3.05, 3.63) is 77.2 Å². The maximum Gasteiger partial charge on any atom is 0.226 e. The van der Waals surface area contributed by atoms with Crippen molar-refractivity contribution < 1.29 is 9.59 Å². The van der Waals surface area contributed by atoms with E-state index in [0.29, 0.717) is 23.8 Å². The number of halogens is 1. The highest BCUT2D eigenvalue weighted by molar-refractivity contribution is 6.30. The van der Waals surface area contributed by atoms with Gasteiger partial charge in [-0.25, -0.2) is 4.98 Å². The number of nitrogens with zero attached hydrogens (tertiary/aromatic N) is 2. The van der Waals surface area contributed by atoms with Crippen LogP contribution in [0.25, 0.3) is 11.3 Å². The lowest BCUT2D eigenvalue weighted by molar-refractivity contribution is -0.149. The smallest absolute Gasteiger partial charge is 0.226 e. The highest BCUT2D eigenvalue weighted by atomic mass is 35.5. The highest BCUT2D eigenvalue weighted by Gasteiger charge is 2.55. The Morgan fingerprint density at radius 1 is 0.921 bits per heavy atom. The van der Waals surface area contributed by atoms with E-state index in [9.17, 15) is 9.59 Å². The maximum absolute atomic E-state index is 13.7. The zero-order valence-corrected chi connectivity index (χ0v) is 23.9. The number of amides is 1. The van der Waals surface area contributed by atoms with Gasteiger partial charge in [0.05, 0.1) is 24.3 Å². The molecule has 3 fully saturated rings. The first-order valence-electron chi connectivity index (χ1n) is 14.2. The Hall–Kier alpha value is -2.92. The second kappa shape index (κ2) is 11.9. The quantitative estimate of drug-likeness (QED) is 0.352. The van der Waals surface area contributed by atoms with Gasteiger partial charge in [-0.15, -0.1) is 0 Å². The van der Waals surface area contributed by atoms with Crippen molar-refractivity contribution in [1.29, 1.82) is 0 Å². The van der Waals surface area contributed by atoms with Crippen LogP contribution >= 0.6 is 11.6 Å². The molecule has 1 unspecified atom stereocenters. The molecule has 202 valence electrons. The number of hydrogen-bond acceptors (Lipinski definition) is 3. The maximum atomic E-state index is 13.7. The van der Waals surface area contributed by atoms with Crippen molar-refractivity contribution in [2.45, 2.75) is 85.2 Å². The zero-order chi connectivity index (χ0) is 27.3. The fraction of sp³-hybridized carbons (Fsp3) is 0.469. The molecule has 1 atom stereocenters. The second-order valence-electron chi connectivity index (χ2n) is 10.3. The molecule has 2 heterocycles. The number of aromatic nitrogens is 2. The first kappa shape index (κ1) is 28.1. The van der Waals surface area contributed by atoms with Gasteiger partial charge in [0.1, 0.15) is 5.78 Å². The molecule has 6 heteroatoms. The summed E-state index contributed by atoms with van der Waals surface area (Å²) >= 11 is 5.96. The number of ketones is 1. The summed E-state index contributed by atoms with van der Waals surface area (Å²) < 4.78 is 2.15. The number of carbonyl (C=O) groups excluding carboxylic acids is 2. The number of nitrogens with one attached hydrogen (secondary N) is 1. The molecular formula is C32H40ClN3O2. The van der Waals surface area contributed by atoms with Crippen LogP contribution in [0.2, 0.25) is 5.02 Å². The summed E-state index contributed by atoms with van der Waals surface area (Å²) in [6, 6.07) is 15.9. The van der Waals surface area contributed by atoms with Crippen LogP contribution in [0.5, 0.6) is 0 Å². The minimum Gasteiger partial charge on any atom is -0.352 e. The number of hydrogen-bond donors (Lipinski definition) is 1. The second-order valence-corrected chi connectivity index (χ2v) is 10.7. The van der Waals surface area contributed by atoms with Gasteiger partial charge in [0.2, 0.25) is 5.91 Å². The van der Waals surface area contributed by atoms with Gasteiger partial charge in [-0.3, -0.25) is 9.59 Å². The van der Waals surface area contributed by atoms with E-state index < -0.39 is 0 Å². The molecule has 5 nitrogen and oxygen atoms in total. The van der Waals surface area contributed by atoms with Gasteiger partial charge in [0.25, 0.3) is 0 Å². The van der Waals surface area contributed by atoms with Gasteiger partial charge in [0.15, 0.2) is 0 Å². The lowest BCUT2D eigenvalue weighted by Crippen LogP contribution is -2.52. The van der Waals surface area contributed by atoms with Gasteiger partial charge in [-0.2, -0.15) is 0 Å². The van der Waals surface area contributed by atoms with Gasteiger partial charge in [0, 0.05) is 34.4 Å². The fourth-order valence-electron chi connectivity index (χ4n) is 6.45. The summed E-state index contributed by atoms with van der Waals surface area (Å²) in [5, 5.41) is 3.84. The molecule has 0 saturated heterocycles. The Morgan fingerprint density at radius 2 is 1.53 bits per heavy atom. The van der Waals surface area contributed by atoms with Crippen molar-refractivity contribution >= 4 is 23.3 Å². The highest BCUT2D eigenvalue weighted by Crippen LogP contribution is 2.58. The van der Waals surface area contributed by atoms with E-state index in [1.807, 2.05) is 76.6 Å². The van der Waals surface area contributed by atoms with Crippen LogP contribution in [0.3, 0.4) is 0 Å². The lowest BCUT2D eigenvalue weighted by atomic mass is 9.51. The molecule has 1 amide bonds. The third-order valence-electron chi connectivity index (χ3n) is 8.66. The Balaban J connectivity index is 0.000000804. The van der Waals surface area contributed by atoms with E-state index >= 15 is 0 Å². The average Bonchev–Trinajstić information content (AvgIpc) is 3.58. The molecule has 0 radical (unpaired) electrons. The van der Waals surface area contributed by atoms with E-state index in [1.54, 1.807) is 0 Å². The van der Waals surface area contributed by atoms with Gasteiger partial charge in [-0.1, -0.05) is 75.7 Å². The van der Waals surface area contributed by atoms with Crippen molar-refractivity contribution in [3.63, 3.8) is 0 Å². The summed E-state index contributed by atoms with van der Waals surface area (Å²) in [4.78, 5) is 31.3. The summed E-state index contributed by atoms with van der Waals surface area (Å²) in [7, 11) is 0. The van der Waals surface area contributed by atoms with Crippen molar-refractivity contribution in [1.82, 2.24) is 14.9 Å². The average molecular weight is 534 g/mol. The van der Waals surface area contributed by atoms with Gasteiger partial charge >= 0.3 is 0 Å². The van der Waals surface area contributed by atoms with Crippen molar-refractivity contribution in [3.8, 4) is 11.3 Å². The number of imidazole rings is 1. The van der Waals surface area contributed by atoms with E-state index in [-0.39, 0.29) is 22.8 Å². The number of carbonyl (C=O) groups is 2. The van der Waals surface area contributed by atoms with Gasteiger partial charge in [-0.05, 0) is 61.8 Å². The summed E-state index contributed by atoms with van der Waals surface area (Å²) in [5.41, 5.74) is 3.92. The monoisotopic (exact) mass is 533 g/mol. The third-order valence-corrected chi connectivity index (χ3v) is 8.91. The Morgan fingerprint density at radius 3 is 2.18 bits per heavy atom. The molecule has 0 spiro atoms. The number of Topliss-reactive ketones (excluding diaryl/α,β-unsaturated/α-hetero) is 1. The molecule has 7 rings (SSSR count). The SMILES string of the molecule is CC.CC.O=C(CC1c2ccccc2-c2cncn21)C12CCC(C(=O)NCc3ccc(Cl)cc3)(CC1)CC2. The summed E-state index contributed by atoms with van der Waals surface area (Å²) in [5.74, 6) is 0.486. The first-order chi connectivity index (χ1) is 18.5. The summed E-state index contributed by atoms with van der Waals surface area (Å²) in [6.07, 6.45) is 9.05. The minimum atomic E-state index is -0.327. The number of benzene rings is 2. The minimum absolute atomic E-state index is 0.0202. The van der Waals surface area contributed by atoms with Crippen LogP contribution in [0.1, 0.15) is 89.8 Å². The normalized spacial score (nSPS) is 24.2. The molecular weight excluding hydrogens is 494 g/mol. The molecule has 2 aromatic carbocycles. The molecule has 38 heavy (non-hydrogen) atoms. The standard InChI is InChI=1S/C28H28ClN3O2.2C2H6/c29-20-7-5-19(6-8-20)16-31-26(34)28-12-9-27(10-13-28,11-14-28)25(33)15-23-21-3-1-2-4-22(21)24-17-30-18-32(23)24;2*1-2/h1-8,17-18,23H,9-16H2,(H,31,34);2*1-2H3. The molecule has 4 aliphatic rings. The first-order valence-corrected chi connectivity index (χ1v) is 14.5. The van der Waals surface area contributed by atoms with E-state index in [1.165, 1.54) is 11.1 Å². The molecule has 1 N–H and O–H groups in total. The van der Waals surface area contributed by atoms with Crippen molar-refractivity contribution in [2.24, 2.45) is 10.8 Å². The molecule has 2 bridgehead atoms. The number of rotatable bonds is 6. The Bertz CT molecular complexity index is 1240. The summed E-state index contributed by atoms with van der Waals surface area (Å²) in [6.45, 7) is 8.51. The zero-order valence-electron chi connectivity index (χ0n) is 23.1. The van der Waals surface area contributed by atoms with E-state index in [4.69, 9.17) is 11.6 Å². The van der Waals surface area contributed by atoms with Crippen molar-refractivity contribution in [2.75, 3.05) is 0 Å². The van der Waals surface area contributed by atoms with E-state index in [0.717, 1.165) is 49.8 Å². The predicted molar refractivity (Wildman–Crippen MR) is 154 cm³/mol. The third kappa shape index (κ3) is 5.05. The van der Waals surface area contributed by atoms with E-state index in [2.05, 4.69) is 27.0 Å². The van der Waals surface area contributed by atoms with Crippen LogP contribution < -0.4 is 5.32 Å². The van der Waals surface area contributed by atoms with Crippen LogP contribution in [0, 0.1) is 10.8 Å². The fourth-order valence-corrected chi connectivity index (χ4v) is 6.58. The predicted octanol–water partition coefficient (Wildman–Crippen LogP) is 7.77. The van der Waals surface area contributed by atoms with Gasteiger partial charge < -0.3 is 9.88 Å². The molecule has 3 aliphatic carbocycles. The molecule has 1 aliphatic heterocycles. The molecule has 3 aromatic rings. The Labute approximate surface area is 232 Å². The lowest BCUT2D eigenvalue weighted by Gasteiger charge is -2.51. The van der Waals surface area contributed by atoms with Crippen LogP contribution in [0.4, 0.5) is 0 Å².